The van der Waals surface area contributed by atoms with E-state index in [0.717, 1.165) is 0 Å². The average Bonchev–Trinajstić information content (AvgIpc) is 2.72. The highest BCUT2D eigenvalue weighted by Gasteiger charge is 2.33. The Morgan fingerprint density at radius 3 is 2.17 bits per heavy atom. The molecule has 11 heteroatoms. The molecule has 0 aliphatic rings. The standard InChI is InChI=1S/C19H20F2N2O7/c1-22(10-11-5-7-12(8-6-11)30-19(20)21)18(24)13-9-14(27-2)16(28-3)17(29-4)15(13)23(25)26/h5-9,19H,10H2,1-4H3. The van der Waals surface area contributed by atoms with Crippen LogP contribution in [0.1, 0.15) is 15.9 Å². The van der Waals surface area contributed by atoms with Crippen molar-refractivity contribution in [1.82, 2.24) is 4.90 Å². The number of ether oxygens (including phenoxy) is 4. The summed E-state index contributed by atoms with van der Waals surface area (Å²) in [5, 5.41) is 11.7. The molecule has 0 fully saturated rings. The summed E-state index contributed by atoms with van der Waals surface area (Å²) in [5.41, 5.74) is -0.218. The molecular weight excluding hydrogens is 406 g/mol. The minimum absolute atomic E-state index is 0.0134. The lowest BCUT2D eigenvalue weighted by Crippen LogP contribution is -2.27. The number of alkyl halides is 2. The van der Waals surface area contributed by atoms with E-state index in [2.05, 4.69) is 4.74 Å². The van der Waals surface area contributed by atoms with E-state index < -0.39 is 23.1 Å². The molecule has 0 saturated heterocycles. The number of nitro groups is 1. The maximum Gasteiger partial charge on any atom is 0.387 e. The van der Waals surface area contributed by atoms with Crippen LogP contribution in [-0.2, 0) is 6.54 Å². The summed E-state index contributed by atoms with van der Waals surface area (Å²) < 4.78 is 44.2. The van der Waals surface area contributed by atoms with Gasteiger partial charge >= 0.3 is 12.3 Å². The molecule has 0 bridgehead atoms. The molecule has 0 saturated carbocycles. The highest BCUT2D eigenvalue weighted by atomic mass is 19.3. The molecule has 0 aliphatic heterocycles. The molecular formula is C19H20F2N2O7. The molecule has 0 unspecified atom stereocenters. The molecule has 2 rings (SSSR count). The molecule has 0 heterocycles. The fourth-order valence-electron chi connectivity index (χ4n) is 2.81. The zero-order valence-electron chi connectivity index (χ0n) is 16.7. The van der Waals surface area contributed by atoms with Gasteiger partial charge < -0.3 is 23.8 Å². The minimum atomic E-state index is -2.94. The van der Waals surface area contributed by atoms with Gasteiger partial charge in [0.05, 0.1) is 26.3 Å². The van der Waals surface area contributed by atoms with Crippen LogP contribution in [0.5, 0.6) is 23.0 Å². The first-order chi connectivity index (χ1) is 14.2. The quantitative estimate of drug-likeness (QED) is 0.447. The fraction of sp³-hybridized carbons (Fsp3) is 0.316. The van der Waals surface area contributed by atoms with E-state index in [1.165, 1.54) is 63.6 Å². The van der Waals surface area contributed by atoms with Crippen LogP contribution in [0, 0.1) is 10.1 Å². The van der Waals surface area contributed by atoms with Crippen molar-refractivity contribution in [3.8, 4) is 23.0 Å². The first-order valence-corrected chi connectivity index (χ1v) is 8.50. The number of methoxy groups -OCH3 is 3. The van der Waals surface area contributed by atoms with E-state index in [0.29, 0.717) is 5.56 Å². The minimum Gasteiger partial charge on any atom is -0.493 e. The van der Waals surface area contributed by atoms with Crippen molar-refractivity contribution in [2.45, 2.75) is 13.2 Å². The topological polar surface area (TPSA) is 100 Å². The lowest BCUT2D eigenvalue weighted by Gasteiger charge is -2.20. The smallest absolute Gasteiger partial charge is 0.387 e. The number of nitro benzene ring substituents is 1. The Bertz CT molecular complexity index is 920. The molecule has 1 amide bonds. The van der Waals surface area contributed by atoms with Gasteiger partial charge in [-0.05, 0) is 17.7 Å². The molecule has 0 aliphatic carbocycles. The zero-order valence-corrected chi connectivity index (χ0v) is 16.7. The van der Waals surface area contributed by atoms with Gasteiger partial charge in [-0.1, -0.05) is 12.1 Å². The maximum atomic E-state index is 13.0. The van der Waals surface area contributed by atoms with E-state index in [1.807, 2.05) is 0 Å². The summed E-state index contributed by atoms with van der Waals surface area (Å²) >= 11 is 0. The zero-order chi connectivity index (χ0) is 22.4. The second kappa shape index (κ2) is 9.72. The molecule has 2 aromatic rings. The Balaban J connectivity index is 2.38. The molecule has 0 aromatic heterocycles. The van der Waals surface area contributed by atoms with E-state index >= 15 is 0 Å². The van der Waals surface area contributed by atoms with E-state index in [1.54, 1.807) is 0 Å². The van der Waals surface area contributed by atoms with Crippen LogP contribution in [0.2, 0.25) is 0 Å². The van der Waals surface area contributed by atoms with Crippen LogP contribution in [0.25, 0.3) is 0 Å². The molecule has 2 aromatic carbocycles. The number of hydrogen-bond acceptors (Lipinski definition) is 7. The molecule has 9 nitrogen and oxygen atoms in total. The SMILES string of the molecule is COc1cc(C(=O)N(C)Cc2ccc(OC(F)F)cc2)c([N+](=O)[O-])c(OC)c1OC. The molecule has 0 spiro atoms. The number of carbonyl (C=O) groups excluding carboxylic acids is 1. The van der Waals surface area contributed by atoms with Crippen molar-refractivity contribution in [2.75, 3.05) is 28.4 Å². The predicted octanol–water partition coefficient (Wildman–Crippen LogP) is 3.49. The third kappa shape index (κ3) is 4.85. The average molecular weight is 426 g/mol. The Labute approximate surface area is 170 Å². The number of halogens is 2. The van der Waals surface area contributed by atoms with Gasteiger partial charge in [0.1, 0.15) is 11.3 Å². The van der Waals surface area contributed by atoms with Gasteiger partial charge in [0.15, 0.2) is 5.75 Å². The summed E-state index contributed by atoms with van der Waals surface area (Å²) in [7, 11) is 5.27. The molecule has 0 radical (unpaired) electrons. The lowest BCUT2D eigenvalue weighted by atomic mass is 10.1. The number of rotatable bonds is 9. The van der Waals surface area contributed by atoms with Crippen LogP contribution < -0.4 is 18.9 Å². The molecule has 30 heavy (non-hydrogen) atoms. The number of carbonyl (C=O) groups is 1. The molecule has 0 atom stereocenters. The van der Waals surface area contributed by atoms with Crippen molar-refractivity contribution in [3.05, 3.63) is 51.6 Å². The summed E-state index contributed by atoms with van der Waals surface area (Å²) in [6, 6.07) is 6.89. The number of hydrogen-bond donors (Lipinski definition) is 0. The fourth-order valence-corrected chi connectivity index (χ4v) is 2.81. The van der Waals surface area contributed by atoms with Gasteiger partial charge in [-0.3, -0.25) is 14.9 Å². The van der Waals surface area contributed by atoms with Crippen molar-refractivity contribution < 1.29 is 37.4 Å². The number of benzene rings is 2. The predicted molar refractivity (Wildman–Crippen MR) is 102 cm³/mol. The Hall–Kier alpha value is -3.63. The maximum absolute atomic E-state index is 13.0. The summed E-state index contributed by atoms with van der Waals surface area (Å²) in [4.78, 5) is 25.1. The van der Waals surface area contributed by atoms with E-state index in [4.69, 9.17) is 14.2 Å². The Morgan fingerprint density at radius 2 is 1.70 bits per heavy atom. The first-order valence-electron chi connectivity index (χ1n) is 8.50. The first kappa shape index (κ1) is 22.7. The summed E-state index contributed by atoms with van der Waals surface area (Å²) in [6.07, 6.45) is 0. The van der Waals surface area contributed by atoms with Gasteiger partial charge in [-0.15, -0.1) is 0 Å². The van der Waals surface area contributed by atoms with Gasteiger partial charge in [-0.25, -0.2) is 0 Å². The lowest BCUT2D eigenvalue weighted by molar-refractivity contribution is -0.386. The second-order valence-electron chi connectivity index (χ2n) is 5.98. The van der Waals surface area contributed by atoms with Crippen molar-refractivity contribution >= 4 is 11.6 Å². The monoisotopic (exact) mass is 426 g/mol. The van der Waals surface area contributed by atoms with E-state index in [-0.39, 0.29) is 35.1 Å². The van der Waals surface area contributed by atoms with Crippen LogP contribution in [0.4, 0.5) is 14.5 Å². The van der Waals surface area contributed by atoms with Gasteiger partial charge in [0.2, 0.25) is 11.5 Å². The Kier molecular flexibility index (Phi) is 7.34. The van der Waals surface area contributed by atoms with Gasteiger partial charge in [0.25, 0.3) is 5.91 Å². The number of nitrogens with zero attached hydrogens (tertiary/aromatic N) is 2. The normalized spacial score (nSPS) is 10.5. The summed E-state index contributed by atoms with van der Waals surface area (Å²) in [6.45, 7) is -2.89. The van der Waals surface area contributed by atoms with Crippen molar-refractivity contribution in [2.24, 2.45) is 0 Å². The third-order valence-corrected chi connectivity index (χ3v) is 4.13. The van der Waals surface area contributed by atoms with Gasteiger partial charge in [0, 0.05) is 19.7 Å². The highest BCUT2D eigenvalue weighted by molar-refractivity contribution is 6.00. The van der Waals surface area contributed by atoms with Crippen LogP contribution in [0.3, 0.4) is 0 Å². The third-order valence-electron chi connectivity index (χ3n) is 4.13. The van der Waals surface area contributed by atoms with Crippen molar-refractivity contribution in [1.29, 1.82) is 0 Å². The second-order valence-corrected chi connectivity index (χ2v) is 5.98. The Morgan fingerprint density at radius 1 is 1.10 bits per heavy atom. The van der Waals surface area contributed by atoms with Crippen LogP contribution in [0.15, 0.2) is 30.3 Å². The highest BCUT2D eigenvalue weighted by Crippen LogP contribution is 2.46. The van der Waals surface area contributed by atoms with Gasteiger partial charge in [-0.2, -0.15) is 8.78 Å². The largest absolute Gasteiger partial charge is 0.493 e. The van der Waals surface area contributed by atoms with E-state index in [9.17, 15) is 23.7 Å². The summed E-state index contributed by atoms with van der Waals surface area (Å²) in [5.74, 6) is -0.866. The number of amides is 1. The van der Waals surface area contributed by atoms with Crippen LogP contribution >= 0.6 is 0 Å². The molecule has 162 valence electrons. The van der Waals surface area contributed by atoms with Crippen LogP contribution in [-0.4, -0.2) is 50.7 Å². The van der Waals surface area contributed by atoms with Crippen molar-refractivity contribution in [3.63, 3.8) is 0 Å². The molecule has 0 N–H and O–H groups in total.